The lowest BCUT2D eigenvalue weighted by molar-refractivity contribution is -0.135. The fourth-order valence-electron chi connectivity index (χ4n) is 3.31. The number of ketones is 1. The third-order valence-corrected chi connectivity index (χ3v) is 4.71. The number of aliphatic hydroxyl groups is 1. The molecule has 142 valence electrons. The zero-order valence-corrected chi connectivity index (χ0v) is 15.4. The van der Waals surface area contributed by atoms with Crippen LogP contribution in [0.15, 0.2) is 36.4 Å². The van der Waals surface area contributed by atoms with E-state index in [0.717, 1.165) is 5.56 Å². The van der Waals surface area contributed by atoms with Gasteiger partial charge >= 0.3 is 0 Å². The number of methoxy groups -OCH3 is 1. The Morgan fingerprint density at radius 3 is 2.81 bits per heavy atom. The third-order valence-electron chi connectivity index (χ3n) is 4.71. The standard InChI is InChI=1S/C20H23N3O4/c1-13-7-8-16-14(11-13)20(26,19(25)23(16)10-4-9-21)12-17(24)15-5-3-6-18(22-15)27-2/h3,5-8,11,26H,4,9-10,12,21H2,1-2H3. The van der Waals surface area contributed by atoms with Crippen LogP contribution in [-0.2, 0) is 10.4 Å². The molecule has 2 aromatic rings. The average Bonchev–Trinajstić information content (AvgIpc) is 2.87. The van der Waals surface area contributed by atoms with Gasteiger partial charge in [-0.1, -0.05) is 23.8 Å². The van der Waals surface area contributed by atoms with Crippen molar-refractivity contribution in [1.29, 1.82) is 0 Å². The van der Waals surface area contributed by atoms with Crippen molar-refractivity contribution in [3.8, 4) is 5.88 Å². The number of carbonyl (C=O) groups is 2. The summed E-state index contributed by atoms with van der Waals surface area (Å²) in [6, 6.07) is 10.2. The lowest BCUT2D eigenvalue weighted by Crippen LogP contribution is -2.42. The van der Waals surface area contributed by atoms with E-state index in [0.29, 0.717) is 36.6 Å². The second kappa shape index (κ2) is 7.46. The van der Waals surface area contributed by atoms with Crippen LogP contribution in [0.25, 0.3) is 0 Å². The van der Waals surface area contributed by atoms with E-state index in [2.05, 4.69) is 4.98 Å². The van der Waals surface area contributed by atoms with Crippen molar-refractivity contribution in [2.45, 2.75) is 25.4 Å². The Kier molecular flexibility index (Phi) is 5.25. The molecule has 0 fully saturated rings. The Morgan fingerprint density at radius 2 is 2.11 bits per heavy atom. The number of fused-ring (bicyclic) bond motifs is 1. The molecule has 1 aromatic heterocycles. The minimum atomic E-state index is -1.92. The molecule has 1 atom stereocenters. The Hall–Kier alpha value is -2.77. The van der Waals surface area contributed by atoms with Gasteiger partial charge in [-0.2, -0.15) is 0 Å². The van der Waals surface area contributed by atoms with Gasteiger partial charge in [-0.3, -0.25) is 9.59 Å². The summed E-state index contributed by atoms with van der Waals surface area (Å²) in [6.45, 7) is 2.69. The van der Waals surface area contributed by atoms with Gasteiger partial charge in [-0.05, 0) is 32.0 Å². The lowest BCUT2D eigenvalue weighted by atomic mass is 9.88. The first-order valence-electron chi connectivity index (χ1n) is 8.80. The molecule has 7 heteroatoms. The smallest absolute Gasteiger partial charge is 0.264 e. The SMILES string of the molecule is COc1cccc(C(=O)CC2(O)C(=O)N(CCCN)c3ccc(C)cc32)n1. The molecular weight excluding hydrogens is 346 g/mol. The van der Waals surface area contributed by atoms with E-state index >= 15 is 0 Å². The van der Waals surface area contributed by atoms with Gasteiger partial charge in [-0.25, -0.2) is 4.98 Å². The molecule has 0 bridgehead atoms. The van der Waals surface area contributed by atoms with Crippen molar-refractivity contribution in [3.05, 3.63) is 53.2 Å². The first kappa shape index (κ1) is 19.0. The third kappa shape index (κ3) is 3.43. The molecule has 0 radical (unpaired) electrons. The van der Waals surface area contributed by atoms with Crippen LogP contribution < -0.4 is 15.4 Å². The van der Waals surface area contributed by atoms with E-state index < -0.39 is 17.3 Å². The van der Waals surface area contributed by atoms with Gasteiger partial charge in [0.15, 0.2) is 11.4 Å². The zero-order chi connectivity index (χ0) is 19.6. The average molecular weight is 369 g/mol. The number of anilines is 1. The number of hydrogen-bond acceptors (Lipinski definition) is 6. The highest BCUT2D eigenvalue weighted by molar-refractivity contribution is 6.10. The van der Waals surface area contributed by atoms with Crippen molar-refractivity contribution >= 4 is 17.4 Å². The molecule has 7 nitrogen and oxygen atoms in total. The molecule has 0 saturated heterocycles. The largest absolute Gasteiger partial charge is 0.481 e. The number of nitrogens with two attached hydrogens (primary N) is 1. The highest BCUT2D eigenvalue weighted by Gasteiger charge is 2.50. The number of aromatic nitrogens is 1. The summed E-state index contributed by atoms with van der Waals surface area (Å²) < 4.78 is 5.04. The van der Waals surface area contributed by atoms with Gasteiger partial charge in [0, 0.05) is 18.2 Å². The molecule has 3 rings (SSSR count). The van der Waals surface area contributed by atoms with Crippen LogP contribution in [-0.4, -0.2) is 42.0 Å². The van der Waals surface area contributed by atoms with Crippen LogP contribution >= 0.6 is 0 Å². The molecular formula is C20H23N3O4. The first-order valence-corrected chi connectivity index (χ1v) is 8.80. The summed E-state index contributed by atoms with van der Waals surface area (Å²) in [6.07, 6.45) is 0.210. The summed E-state index contributed by atoms with van der Waals surface area (Å²) >= 11 is 0. The zero-order valence-electron chi connectivity index (χ0n) is 15.4. The maximum absolute atomic E-state index is 13.0. The Balaban J connectivity index is 1.96. The molecule has 27 heavy (non-hydrogen) atoms. The van der Waals surface area contributed by atoms with Gasteiger partial charge in [0.05, 0.1) is 19.2 Å². The number of ether oxygens (including phenoxy) is 1. The number of nitrogens with zero attached hydrogens (tertiary/aromatic N) is 2. The van der Waals surface area contributed by atoms with Crippen LogP contribution in [0, 0.1) is 6.92 Å². The highest BCUT2D eigenvalue weighted by Crippen LogP contribution is 2.43. The monoisotopic (exact) mass is 369 g/mol. The molecule has 0 spiro atoms. The summed E-state index contributed by atoms with van der Waals surface area (Å²) in [5.74, 6) is -0.642. The van der Waals surface area contributed by atoms with Gasteiger partial charge < -0.3 is 20.5 Å². The topological polar surface area (TPSA) is 106 Å². The quantitative estimate of drug-likeness (QED) is 0.718. The van der Waals surface area contributed by atoms with Crippen LogP contribution in [0.3, 0.4) is 0 Å². The fraction of sp³-hybridized carbons (Fsp3) is 0.350. The molecule has 1 aliphatic heterocycles. The van der Waals surface area contributed by atoms with Gasteiger partial charge in [0.1, 0.15) is 5.69 Å². The predicted molar refractivity (Wildman–Crippen MR) is 101 cm³/mol. The van der Waals surface area contributed by atoms with E-state index in [1.54, 1.807) is 24.3 Å². The van der Waals surface area contributed by atoms with E-state index in [1.807, 2.05) is 13.0 Å². The predicted octanol–water partition coefficient (Wildman–Crippen LogP) is 1.55. The lowest BCUT2D eigenvalue weighted by Gasteiger charge is -2.22. The Morgan fingerprint density at radius 1 is 1.33 bits per heavy atom. The minimum absolute atomic E-state index is 0.144. The molecule has 1 unspecified atom stereocenters. The summed E-state index contributed by atoms with van der Waals surface area (Å²) in [5.41, 5.74) is 5.76. The fourth-order valence-corrected chi connectivity index (χ4v) is 3.31. The second-order valence-electron chi connectivity index (χ2n) is 6.65. The van der Waals surface area contributed by atoms with Crippen molar-refractivity contribution in [3.63, 3.8) is 0 Å². The van der Waals surface area contributed by atoms with E-state index in [9.17, 15) is 14.7 Å². The summed E-state index contributed by atoms with van der Waals surface area (Å²) in [5, 5.41) is 11.3. The van der Waals surface area contributed by atoms with Gasteiger partial charge in [-0.15, -0.1) is 0 Å². The Bertz CT molecular complexity index is 883. The number of carbonyl (C=O) groups excluding carboxylic acids is 2. The number of Topliss-reactive ketones (excluding diaryl/α,β-unsaturated/α-hetero) is 1. The number of benzene rings is 1. The maximum Gasteiger partial charge on any atom is 0.264 e. The van der Waals surface area contributed by atoms with Gasteiger partial charge in [0.2, 0.25) is 5.88 Å². The normalized spacial score (nSPS) is 18.5. The van der Waals surface area contributed by atoms with Crippen LogP contribution in [0.2, 0.25) is 0 Å². The molecule has 1 aliphatic rings. The molecule has 1 aromatic carbocycles. The van der Waals surface area contributed by atoms with Crippen LogP contribution in [0.5, 0.6) is 5.88 Å². The van der Waals surface area contributed by atoms with Crippen LogP contribution in [0.1, 0.15) is 34.5 Å². The highest BCUT2D eigenvalue weighted by atomic mass is 16.5. The molecule has 2 heterocycles. The maximum atomic E-state index is 13.0. The second-order valence-corrected chi connectivity index (χ2v) is 6.65. The van der Waals surface area contributed by atoms with Gasteiger partial charge in [0.25, 0.3) is 5.91 Å². The number of rotatable bonds is 7. The summed E-state index contributed by atoms with van der Waals surface area (Å²) in [7, 11) is 1.46. The molecule has 0 saturated carbocycles. The van der Waals surface area contributed by atoms with Crippen molar-refractivity contribution in [2.24, 2.45) is 5.73 Å². The number of hydrogen-bond donors (Lipinski definition) is 2. The minimum Gasteiger partial charge on any atom is -0.481 e. The molecule has 0 aliphatic carbocycles. The van der Waals surface area contributed by atoms with E-state index in [1.165, 1.54) is 18.1 Å². The Labute approximate surface area is 157 Å². The van der Waals surface area contributed by atoms with Crippen LogP contribution in [0.4, 0.5) is 5.69 Å². The number of amides is 1. The van der Waals surface area contributed by atoms with E-state index in [4.69, 9.17) is 10.5 Å². The number of aryl methyl sites for hydroxylation is 1. The number of pyridine rings is 1. The van der Waals surface area contributed by atoms with E-state index in [-0.39, 0.29) is 12.1 Å². The first-order chi connectivity index (χ1) is 12.9. The summed E-state index contributed by atoms with van der Waals surface area (Å²) in [4.78, 5) is 31.4. The van der Waals surface area contributed by atoms with Crippen molar-refractivity contribution in [2.75, 3.05) is 25.1 Å². The van der Waals surface area contributed by atoms with Crippen molar-refractivity contribution in [1.82, 2.24) is 4.98 Å². The molecule has 1 amide bonds. The van der Waals surface area contributed by atoms with Crippen molar-refractivity contribution < 1.29 is 19.4 Å². The molecule has 3 N–H and O–H groups in total.